The fraction of sp³-hybridized carbons (Fsp3) is 0.161. The molecule has 32 heavy (non-hydrogen) atoms. The van der Waals surface area contributed by atoms with Gasteiger partial charge in [-0.2, -0.15) is 0 Å². The monoisotopic (exact) mass is 415 g/mol. The zero-order valence-corrected chi connectivity index (χ0v) is 18.9. The van der Waals surface area contributed by atoms with Crippen molar-refractivity contribution in [2.75, 3.05) is 11.9 Å². The number of nitrogens with zero attached hydrogens (tertiary/aromatic N) is 1. The second-order valence-electron chi connectivity index (χ2n) is 8.74. The molecule has 0 amide bonds. The molecule has 0 radical (unpaired) electrons. The van der Waals surface area contributed by atoms with Crippen molar-refractivity contribution in [2.24, 2.45) is 0 Å². The first kappa shape index (κ1) is 20.3. The van der Waals surface area contributed by atoms with Gasteiger partial charge >= 0.3 is 0 Å². The minimum Gasteiger partial charge on any atom is -0.344 e. The molecule has 0 unspecified atom stereocenters. The molecule has 2 aliphatic rings. The van der Waals surface area contributed by atoms with E-state index in [0.717, 1.165) is 19.3 Å². The van der Waals surface area contributed by atoms with Crippen LogP contribution >= 0.6 is 0 Å². The van der Waals surface area contributed by atoms with Crippen LogP contribution in [0.25, 0.3) is 11.1 Å². The summed E-state index contributed by atoms with van der Waals surface area (Å²) in [4.78, 5) is 2.33. The Morgan fingerprint density at radius 3 is 2.34 bits per heavy atom. The summed E-state index contributed by atoms with van der Waals surface area (Å²) in [5.41, 5.74) is 11.9. The smallest absolute Gasteiger partial charge is 0.0446 e. The molecule has 0 spiro atoms. The number of aryl methyl sites for hydroxylation is 1. The van der Waals surface area contributed by atoms with Crippen LogP contribution in [-0.4, -0.2) is 7.05 Å². The Hall–Kier alpha value is -3.58. The van der Waals surface area contributed by atoms with E-state index in [2.05, 4.69) is 122 Å². The van der Waals surface area contributed by atoms with Crippen LogP contribution in [0.4, 0.5) is 5.69 Å². The van der Waals surface area contributed by atoms with Crippen LogP contribution in [0.3, 0.4) is 0 Å². The lowest BCUT2D eigenvalue weighted by molar-refractivity contribution is 1.09. The van der Waals surface area contributed by atoms with Crippen LogP contribution in [-0.2, 0) is 6.42 Å². The summed E-state index contributed by atoms with van der Waals surface area (Å²) in [6, 6.07) is 26.6. The fourth-order valence-electron chi connectivity index (χ4n) is 4.61. The van der Waals surface area contributed by atoms with Crippen molar-refractivity contribution < 1.29 is 0 Å². The highest BCUT2D eigenvalue weighted by Gasteiger charge is 2.17. The van der Waals surface area contributed by atoms with Gasteiger partial charge in [0.05, 0.1) is 0 Å². The number of likely N-dealkylation sites (N-methyl/N-ethyl adjacent to an activating group) is 1. The molecule has 3 aromatic rings. The Kier molecular flexibility index (Phi) is 5.64. The van der Waals surface area contributed by atoms with Crippen molar-refractivity contribution in [3.05, 3.63) is 137 Å². The second kappa shape index (κ2) is 8.88. The summed E-state index contributed by atoms with van der Waals surface area (Å²) in [5, 5.41) is 0. The van der Waals surface area contributed by atoms with Gasteiger partial charge in [0.2, 0.25) is 0 Å². The second-order valence-corrected chi connectivity index (χ2v) is 8.74. The third-order valence-corrected chi connectivity index (χ3v) is 6.41. The van der Waals surface area contributed by atoms with Gasteiger partial charge in [0, 0.05) is 18.4 Å². The topological polar surface area (TPSA) is 3.24 Å². The highest BCUT2D eigenvalue weighted by Crippen LogP contribution is 2.33. The molecule has 0 bridgehead atoms. The zero-order valence-electron chi connectivity index (χ0n) is 18.9. The maximum atomic E-state index is 2.33. The quantitative estimate of drug-likeness (QED) is 0.397. The molecular weight excluding hydrogens is 386 g/mol. The Morgan fingerprint density at radius 1 is 0.781 bits per heavy atom. The Morgan fingerprint density at radius 2 is 1.56 bits per heavy atom. The van der Waals surface area contributed by atoms with Gasteiger partial charge in [0.25, 0.3) is 0 Å². The highest BCUT2D eigenvalue weighted by atomic mass is 15.1. The van der Waals surface area contributed by atoms with Crippen molar-refractivity contribution in [3.8, 4) is 11.1 Å². The van der Waals surface area contributed by atoms with Gasteiger partial charge in [-0.15, -0.1) is 0 Å². The van der Waals surface area contributed by atoms with Crippen LogP contribution in [0, 0.1) is 6.92 Å². The van der Waals surface area contributed by atoms with Crippen LogP contribution in [0.1, 0.15) is 29.5 Å². The summed E-state index contributed by atoms with van der Waals surface area (Å²) in [7, 11) is 2.18. The Labute approximate surface area is 191 Å². The summed E-state index contributed by atoms with van der Waals surface area (Å²) >= 11 is 0. The van der Waals surface area contributed by atoms with Crippen molar-refractivity contribution in [1.82, 2.24) is 0 Å². The molecule has 0 saturated heterocycles. The molecule has 0 saturated carbocycles. The predicted octanol–water partition coefficient (Wildman–Crippen LogP) is 7.79. The van der Waals surface area contributed by atoms with E-state index in [1.54, 1.807) is 0 Å². The minimum absolute atomic E-state index is 0.928. The predicted molar refractivity (Wildman–Crippen MR) is 137 cm³/mol. The molecular formula is C31H29N. The molecule has 1 nitrogen and oxygen atoms in total. The van der Waals surface area contributed by atoms with Crippen molar-refractivity contribution >= 4 is 5.69 Å². The number of hydrogen-bond donors (Lipinski definition) is 0. The van der Waals surface area contributed by atoms with Gasteiger partial charge in [-0.05, 0) is 77.8 Å². The maximum Gasteiger partial charge on any atom is 0.0446 e. The molecule has 0 aromatic heterocycles. The summed E-state index contributed by atoms with van der Waals surface area (Å²) in [6.07, 6.45) is 14.4. The summed E-state index contributed by atoms with van der Waals surface area (Å²) in [5.74, 6) is 0. The van der Waals surface area contributed by atoms with E-state index in [1.807, 2.05) is 0 Å². The number of hydrogen-bond acceptors (Lipinski definition) is 1. The van der Waals surface area contributed by atoms with E-state index in [0.29, 0.717) is 0 Å². The molecule has 0 fully saturated rings. The molecule has 0 atom stereocenters. The molecule has 158 valence electrons. The first-order chi connectivity index (χ1) is 15.7. The first-order valence-corrected chi connectivity index (χ1v) is 11.4. The molecule has 0 heterocycles. The minimum atomic E-state index is 0.928. The van der Waals surface area contributed by atoms with E-state index >= 15 is 0 Å². The van der Waals surface area contributed by atoms with Gasteiger partial charge < -0.3 is 4.90 Å². The third-order valence-electron chi connectivity index (χ3n) is 6.41. The lowest BCUT2D eigenvalue weighted by Gasteiger charge is -2.23. The molecule has 0 N–H and O–H groups in total. The lowest BCUT2D eigenvalue weighted by atomic mass is 9.98. The lowest BCUT2D eigenvalue weighted by Crippen LogP contribution is -2.16. The van der Waals surface area contributed by atoms with E-state index in [1.165, 1.54) is 50.3 Å². The number of allylic oxidation sites excluding steroid dienone is 7. The van der Waals surface area contributed by atoms with E-state index in [4.69, 9.17) is 0 Å². The van der Waals surface area contributed by atoms with Gasteiger partial charge in [0.1, 0.15) is 0 Å². The summed E-state index contributed by atoms with van der Waals surface area (Å²) < 4.78 is 0. The third kappa shape index (κ3) is 4.24. The average molecular weight is 416 g/mol. The zero-order chi connectivity index (χ0) is 21.9. The van der Waals surface area contributed by atoms with Crippen molar-refractivity contribution in [2.45, 2.75) is 26.2 Å². The van der Waals surface area contributed by atoms with Crippen LogP contribution in [0.5, 0.6) is 0 Å². The standard InChI is InChI=1S/C31H29N/c1-23-16-18-26(19-17-23)28-12-5-8-24(21-28)20-25-9-6-13-29(22-25)32(2)31-15-7-14-30(31)27-10-3-4-11-27/h3,5-13,15-19,21-22H,4,14,20H2,1-2H3. The fourth-order valence-corrected chi connectivity index (χ4v) is 4.61. The number of rotatable bonds is 6. The normalized spacial score (nSPS) is 14.9. The van der Waals surface area contributed by atoms with E-state index < -0.39 is 0 Å². The Bertz CT molecular complexity index is 1250. The van der Waals surface area contributed by atoms with Crippen molar-refractivity contribution in [3.63, 3.8) is 0 Å². The molecule has 3 aromatic carbocycles. The molecule has 5 rings (SSSR count). The van der Waals surface area contributed by atoms with Crippen LogP contribution < -0.4 is 4.90 Å². The number of anilines is 1. The van der Waals surface area contributed by atoms with Crippen LogP contribution in [0.2, 0.25) is 0 Å². The highest BCUT2D eigenvalue weighted by molar-refractivity contribution is 5.65. The van der Waals surface area contributed by atoms with E-state index in [9.17, 15) is 0 Å². The molecule has 2 aliphatic carbocycles. The maximum absolute atomic E-state index is 2.33. The van der Waals surface area contributed by atoms with Crippen molar-refractivity contribution in [1.29, 1.82) is 0 Å². The molecule has 1 heteroatoms. The SMILES string of the molecule is Cc1ccc(-c2cccc(Cc3cccc(N(C)C4=C(C5=CCC=C5)CC=C4)c3)c2)cc1. The van der Waals surface area contributed by atoms with Gasteiger partial charge in [-0.25, -0.2) is 0 Å². The Balaban J connectivity index is 1.39. The average Bonchev–Trinajstić information content (AvgIpc) is 3.51. The van der Waals surface area contributed by atoms with Gasteiger partial charge in [-0.1, -0.05) is 90.5 Å². The van der Waals surface area contributed by atoms with E-state index in [-0.39, 0.29) is 0 Å². The summed E-state index contributed by atoms with van der Waals surface area (Å²) in [6.45, 7) is 2.13. The first-order valence-electron chi connectivity index (χ1n) is 11.4. The van der Waals surface area contributed by atoms with Crippen LogP contribution in [0.15, 0.2) is 120 Å². The van der Waals surface area contributed by atoms with Gasteiger partial charge in [-0.3, -0.25) is 0 Å². The molecule has 0 aliphatic heterocycles. The number of benzene rings is 3. The largest absolute Gasteiger partial charge is 0.344 e. The van der Waals surface area contributed by atoms with Gasteiger partial charge in [0.15, 0.2) is 0 Å².